The van der Waals surface area contributed by atoms with E-state index < -0.39 is 0 Å². The second-order valence-corrected chi connectivity index (χ2v) is 3.27. The van der Waals surface area contributed by atoms with E-state index in [0.29, 0.717) is 4.32 Å². The average Bonchev–Trinajstić information content (AvgIpc) is 2.08. The standard InChI is InChI=1S/C6H5.C3H7NS2.Hg/c1-2-4-6-5-3-1;1-4(2)3(5)6;/h1-5H;1-2H3,(H,5,6);/q;;+1/p-1. The van der Waals surface area contributed by atoms with E-state index in [-0.39, 0.29) is 27.7 Å². The maximum atomic E-state index is 4.56. The third-order valence-corrected chi connectivity index (χ3v) is 1.70. The van der Waals surface area contributed by atoms with Gasteiger partial charge >= 0.3 is 27.7 Å². The Balaban J connectivity index is 0. The summed E-state index contributed by atoms with van der Waals surface area (Å²) in [5.41, 5.74) is 0. The molecule has 0 atom stereocenters. The summed E-state index contributed by atoms with van der Waals surface area (Å²) < 4.78 is 0.509. The average molecular weight is 398 g/mol. The van der Waals surface area contributed by atoms with Crippen molar-refractivity contribution < 1.29 is 27.7 Å². The third kappa shape index (κ3) is 12.3. The van der Waals surface area contributed by atoms with Crippen LogP contribution in [0.5, 0.6) is 0 Å². The molecule has 2 radical (unpaired) electrons. The van der Waals surface area contributed by atoms with Gasteiger partial charge in [-0.2, -0.15) is 0 Å². The van der Waals surface area contributed by atoms with E-state index in [1.54, 1.807) is 4.90 Å². The number of hydrogen-bond acceptors (Lipinski definition) is 2. The molecule has 0 N–H and O–H groups in total. The van der Waals surface area contributed by atoms with Gasteiger partial charge in [-0.1, -0.05) is 34.7 Å². The quantitative estimate of drug-likeness (QED) is 0.374. The van der Waals surface area contributed by atoms with Crippen LogP contribution in [0.25, 0.3) is 0 Å². The van der Waals surface area contributed by atoms with Crippen LogP contribution < -0.4 is 0 Å². The fourth-order valence-electron chi connectivity index (χ4n) is 0.342. The minimum atomic E-state index is 0. The Morgan fingerprint density at radius 3 is 1.69 bits per heavy atom. The van der Waals surface area contributed by atoms with Gasteiger partial charge in [-0.3, -0.25) is 0 Å². The van der Waals surface area contributed by atoms with Crippen LogP contribution >= 0.6 is 12.2 Å². The molecule has 66 valence electrons. The van der Waals surface area contributed by atoms with Crippen molar-refractivity contribution in [1.82, 2.24) is 4.90 Å². The van der Waals surface area contributed by atoms with Crippen LogP contribution in [0, 0.1) is 6.07 Å². The first-order valence-corrected chi connectivity index (χ1v) is 4.25. The second kappa shape index (κ2) is 10.3. The van der Waals surface area contributed by atoms with Crippen LogP contribution in [0.2, 0.25) is 0 Å². The summed E-state index contributed by atoms with van der Waals surface area (Å²) >= 11 is 9.12. The zero-order valence-corrected chi connectivity index (χ0v) is 15.0. The van der Waals surface area contributed by atoms with Gasteiger partial charge in [-0.25, -0.2) is 0 Å². The summed E-state index contributed by atoms with van der Waals surface area (Å²) in [5, 5.41) is 0. The van der Waals surface area contributed by atoms with Crippen molar-refractivity contribution in [2.24, 2.45) is 0 Å². The van der Waals surface area contributed by atoms with Crippen LogP contribution in [0.3, 0.4) is 0 Å². The van der Waals surface area contributed by atoms with Crippen LogP contribution in [0.1, 0.15) is 0 Å². The summed E-state index contributed by atoms with van der Waals surface area (Å²) in [7, 11) is 3.66. The molecular formula is C9H11HgNS2. The number of hydrogen-bond donors (Lipinski definition) is 0. The zero-order chi connectivity index (χ0) is 9.40. The summed E-state index contributed by atoms with van der Waals surface area (Å²) in [6.45, 7) is 0. The molecular weight excluding hydrogens is 387 g/mol. The van der Waals surface area contributed by atoms with Crippen LogP contribution in [0.15, 0.2) is 30.3 Å². The molecule has 1 rings (SSSR count). The Bertz CT molecular complexity index is 187. The molecule has 0 amide bonds. The van der Waals surface area contributed by atoms with Gasteiger partial charge in [-0.15, -0.1) is 0 Å². The largest absolute Gasteiger partial charge is 1.00 e. The first kappa shape index (κ1) is 15.7. The predicted octanol–water partition coefficient (Wildman–Crippen LogP) is 1.86. The molecule has 0 bridgehead atoms. The van der Waals surface area contributed by atoms with Gasteiger partial charge in [0.2, 0.25) is 0 Å². The van der Waals surface area contributed by atoms with Crippen molar-refractivity contribution in [3.63, 3.8) is 0 Å². The van der Waals surface area contributed by atoms with E-state index >= 15 is 0 Å². The van der Waals surface area contributed by atoms with Gasteiger partial charge in [0.25, 0.3) is 0 Å². The van der Waals surface area contributed by atoms with Gasteiger partial charge in [0, 0.05) is 14.1 Å². The first-order chi connectivity index (χ1) is 5.64. The van der Waals surface area contributed by atoms with Crippen LogP contribution in [0.4, 0.5) is 0 Å². The van der Waals surface area contributed by atoms with Crippen LogP contribution in [-0.2, 0) is 40.3 Å². The van der Waals surface area contributed by atoms with E-state index in [2.05, 4.69) is 30.9 Å². The molecule has 0 aliphatic rings. The summed E-state index contributed by atoms with van der Waals surface area (Å²) in [5.74, 6) is 0. The van der Waals surface area contributed by atoms with Crippen molar-refractivity contribution in [2.75, 3.05) is 14.1 Å². The molecule has 13 heavy (non-hydrogen) atoms. The van der Waals surface area contributed by atoms with Crippen molar-refractivity contribution >= 4 is 29.2 Å². The molecule has 0 aromatic heterocycles. The Hall–Kier alpha value is 0.265. The van der Waals surface area contributed by atoms with Crippen molar-refractivity contribution in [2.45, 2.75) is 0 Å². The molecule has 1 aromatic rings. The Kier molecular flexibility index (Phi) is 12.5. The van der Waals surface area contributed by atoms with Crippen molar-refractivity contribution in [3.05, 3.63) is 36.4 Å². The van der Waals surface area contributed by atoms with Gasteiger partial charge < -0.3 is 29.7 Å². The molecule has 0 fully saturated rings. The molecule has 0 saturated heterocycles. The van der Waals surface area contributed by atoms with Crippen molar-refractivity contribution in [3.8, 4) is 0 Å². The molecule has 0 saturated carbocycles. The fraction of sp³-hybridized carbons (Fsp3) is 0.222. The summed E-state index contributed by atoms with van der Waals surface area (Å²) in [6.07, 6.45) is 0. The molecule has 0 spiro atoms. The molecule has 1 aromatic carbocycles. The monoisotopic (exact) mass is 399 g/mol. The summed E-state index contributed by atoms with van der Waals surface area (Å²) in [6, 6.07) is 12.5. The fourth-order valence-corrected chi connectivity index (χ4v) is 0.342. The number of rotatable bonds is 0. The number of benzene rings is 1. The van der Waals surface area contributed by atoms with Gasteiger partial charge in [0.05, 0.1) is 0 Å². The van der Waals surface area contributed by atoms with E-state index in [0.717, 1.165) is 0 Å². The Labute approximate surface area is 111 Å². The van der Waals surface area contributed by atoms with E-state index in [1.807, 2.05) is 44.4 Å². The van der Waals surface area contributed by atoms with Crippen LogP contribution in [-0.4, -0.2) is 23.3 Å². The maximum Gasteiger partial charge on any atom is 1.00 e. The molecule has 0 unspecified atom stereocenters. The first-order valence-electron chi connectivity index (χ1n) is 3.44. The second-order valence-electron chi connectivity index (χ2n) is 2.24. The minimum Gasteiger partial charge on any atom is -0.411 e. The predicted molar refractivity (Wildman–Crippen MR) is 58.9 cm³/mol. The molecule has 0 aliphatic carbocycles. The maximum absolute atomic E-state index is 4.56. The van der Waals surface area contributed by atoms with Gasteiger partial charge in [-0.05, 0) is 6.07 Å². The number of thiocarbonyl (C=S) groups is 1. The Morgan fingerprint density at radius 1 is 1.23 bits per heavy atom. The zero-order valence-electron chi connectivity index (χ0n) is 7.86. The topological polar surface area (TPSA) is 3.24 Å². The molecule has 1 nitrogen and oxygen atoms in total. The third-order valence-electron chi connectivity index (χ3n) is 0.972. The van der Waals surface area contributed by atoms with E-state index in [4.69, 9.17) is 0 Å². The SMILES string of the molecule is CN(C)C(=S)[S-].[Hg+].[c]1ccccc1. The minimum absolute atomic E-state index is 0. The van der Waals surface area contributed by atoms with Gasteiger partial charge in [0.15, 0.2) is 0 Å². The van der Waals surface area contributed by atoms with E-state index in [9.17, 15) is 0 Å². The van der Waals surface area contributed by atoms with E-state index in [1.165, 1.54) is 0 Å². The normalized spacial score (nSPS) is 7.23. The summed E-state index contributed by atoms with van der Waals surface area (Å²) in [4.78, 5) is 1.71. The van der Waals surface area contributed by atoms with Crippen molar-refractivity contribution in [1.29, 1.82) is 0 Å². The van der Waals surface area contributed by atoms with Gasteiger partial charge in [0.1, 0.15) is 0 Å². The number of nitrogens with zero attached hydrogens (tertiary/aromatic N) is 1. The molecule has 0 heterocycles. The molecule has 0 aliphatic heterocycles. The molecule has 4 heteroatoms. The smallest absolute Gasteiger partial charge is 0.411 e. The Morgan fingerprint density at radius 2 is 1.62 bits per heavy atom.